The van der Waals surface area contributed by atoms with Crippen LogP contribution in [0.15, 0.2) is 29.5 Å². The van der Waals surface area contributed by atoms with Gasteiger partial charge < -0.3 is 5.32 Å². The minimum absolute atomic E-state index is 0.382. The monoisotopic (exact) mass is 260 g/mol. The third kappa shape index (κ3) is 2.45. The maximum absolute atomic E-state index is 11.4. The molecule has 0 fully saturated rings. The second-order valence-electron chi connectivity index (χ2n) is 3.17. The van der Waals surface area contributed by atoms with Crippen molar-refractivity contribution < 1.29 is 4.79 Å². The molecular formula is C10H8N6OS. The van der Waals surface area contributed by atoms with E-state index in [-0.39, 0.29) is 0 Å². The van der Waals surface area contributed by atoms with Crippen molar-refractivity contribution in [2.45, 2.75) is 0 Å². The maximum atomic E-state index is 11.4. The second kappa shape index (κ2) is 5.26. The molecule has 18 heavy (non-hydrogen) atoms. The molecule has 0 unspecified atom stereocenters. The third-order valence-electron chi connectivity index (χ3n) is 2.08. The molecule has 8 heteroatoms. The van der Waals surface area contributed by atoms with Gasteiger partial charge in [0, 0.05) is 18.2 Å². The van der Waals surface area contributed by atoms with Crippen molar-refractivity contribution in [1.82, 2.24) is 9.97 Å². The van der Waals surface area contributed by atoms with Crippen LogP contribution in [0.25, 0.3) is 21.0 Å². The molecule has 7 nitrogen and oxygen atoms in total. The lowest BCUT2D eigenvalue weighted by atomic mass is 10.3. The number of thiophene rings is 1. The number of nitrogens with zero attached hydrogens (tertiary/aromatic N) is 5. The highest BCUT2D eigenvalue weighted by Gasteiger charge is 2.09. The van der Waals surface area contributed by atoms with Crippen LogP contribution in [0.3, 0.4) is 0 Å². The summed E-state index contributed by atoms with van der Waals surface area (Å²) in [5, 5.41) is 5.88. The molecule has 2 heterocycles. The van der Waals surface area contributed by atoms with Gasteiger partial charge in [0.15, 0.2) is 0 Å². The Morgan fingerprint density at radius 1 is 1.50 bits per heavy atom. The quantitative estimate of drug-likeness (QED) is 0.520. The Bertz CT molecular complexity index is 631. The van der Waals surface area contributed by atoms with E-state index in [1.165, 1.54) is 11.3 Å². The first kappa shape index (κ1) is 12.0. The highest BCUT2D eigenvalue weighted by atomic mass is 32.1. The molecule has 0 saturated carbocycles. The fourth-order valence-corrected chi connectivity index (χ4v) is 2.15. The molecule has 0 atom stereocenters. The minimum Gasteiger partial charge on any atom is -0.357 e. The zero-order chi connectivity index (χ0) is 13.0. The molecule has 0 saturated heterocycles. The van der Waals surface area contributed by atoms with E-state index in [9.17, 15) is 4.79 Å². The molecule has 0 aromatic carbocycles. The van der Waals surface area contributed by atoms with Gasteiger partial charge in [0.05, 0.1) is 15.4 Å². The summed E-state index contributed by atoms with van der Waals surface area (Å²) < 4.78 is 0. The van der Waals surface area contributed by atoms with E-state index >= 15 is 0 Å². The lowest BCUT2D eigenvalue weighted by molar-refractivity contribution is 0.100. The van der Waals surface area contributed by atoms with Gasteiger partial charge >= 0.3 is 0 Å². The summed E-state index contributed by atoms with van der Waals surface area (Å²) in [5.41, 5.74) is 8.91. The Labute approximate surface area is 106 Å². The van der Waals surface area contributed by atoms with E-state index in [1.807, 2.05) is 0 Å². The number of hydrogen-bond acceptors (Lipinski definition) is 5. The van der Waals surface area contributed by atoms with E-state index in [1.54, 1.807) is 31.4 Å². The summed E-state index contributed by atoms with van der Waals surface area (Å²) in [6.07, 6.45) is 1.63. The standard InChI is InChI=1S/C10H8N6OS/c1-12-10-13-5-4-6(14-10)7-2-3-8(18-7)9(17)15-16-11/h2-5H,1H3,(H,12,13,14). The number of carbonyl (C=O) groups is 1. The Balaban J connectivity index is 2.34. The number of aromatic nitrogens is 2. The van der Waals surface area contributed by atoms with Crippen molar-refractivity contribution in [1.29, 1.82) is 0 Å². The van der Waals surface area contributed by atoms with Gasteiger partial charge in [-0.1, -0.05) is 0 Å². The Morgan fingerprint density at radius 2 is 2.33 bits per heavy atom. The molecule has 2 rings (SSSR count). The number of anilines is 1. The lowest BCUT2D eigenvalue weighted by Gasteiger charge is -1.99. The van der Waals surface area contributed by atoms with Gasteiger partial charge in [-0.2, -0.15) is 0 Å². The van der Waals surface area contributed by atoms with Crippen molar-refractivity contribution in [2.24, 2.45) is 5.11 Å². The number of rotatable bonds is 3. The van der Waals surface area contributed by atoms with Gasteiger partial charge in [0.1, 0.15) is 0 Å². The zero-order valence-corrected chi connectivity index (χ0v) is 10.2. The smallest absolute Gasteiger partial charge is 0.259 e. The van der Waals surface area contributed by atoms with Gasteiger partial charge in [-0.3, -0.25) is 4.79 Å². The molecule has 2 aromatic heterocycles. The van der Waals surface area contributed by atoms with Crippen LogP contribution in [-0.2, 0) is 0 Å². The molecule has 90 valence electrons. The lowest BCUT2D eigenvalue weighted by Crippen LogP contribution is -1.95. The van der Waals surface area contributed by atoms with Gasteiger partial charge in [0.2, 0.25) is 5.95 Å². The van der Waals surface area contributed by atoms with Crippen LogP contribution in [0.4, 0.5) is 5.95 Å². The Hall–Kier alpha value is -2.44. The number of carbonyl (C=O) groups excluding carboxylic acids is 1. The Morgan fingerprint density at radius 3 is 3.06 bits per heavy atom. The molecule has 0 aliphatic heterocycles. The first-order valence-electron chi connectivity index (χ1n) is 4.95. The van der Waals surface area contributed by atoms with Crippen molar-refractivity contribution in [3.63, 3.8) is 0 Å². The number of hydrogen-bond donors (Lipinski definition) is 1. The van der Waals surface area contributed by atoms with Crippen molar-refractivity contribution in [2.75, 3.05) is 12.4 Å². The third-order valence-corrected chi connectivity index (χ3v) is 3.18. The van der Waals surface area contributed by atoms with E-state index in [0.29, 0.717) is 16.5 Å². The van der Waals surface area contributed by atoms with Crippen LogP contribution in [0.1, 0.15) is 9.67 Å². The predicted octanol–water partition coefficient (Wildman–Crippen LogP) is 2.70. The van der Waals surface area contributed by atoms with Crippen LogP contribution in [0.5, 0.6) is 0 Å². The molecular weight excluding hydrogens is 252 g/mol. The second-order valence-corrected chi connectivity index (χ2v) is 4.26. The van der Waals surface area contributed by atoms with Crippen molar-refractivity contribution in [3.05, 3.63) is 39.7 Å². The van der Waals surface area contributed by atoms with Gasteiger partial charge in [0.25, 0.3) is 5.91 Å². The average Bonchev–Trinajstić information content (AvgIpc) is 2.89. The molecule has 1 N–H and O–H groups in total. The summed E-state index contributed by atoms with van der Waals surface area (Å²) in [5.74, 6) is -0.0829. The van der Waals surface area contributed by atoms with Crippen LogP contribution in [-0.4, -0.2) is 22.9 Å². The normalized spacial score (nSPS) is 9.61. The molecule has 0 aliphatic rings. The van der Waals surface area contributed by atoms with E-state index < -0.39 is 5.91 Å². The maximum Gasteiger partial charge on any atom is 0.259 e. The van der Waals surface area contributed by atoms with Gasteiger partial charge in [-0.25, -0.2) is 9.97 Å². The van der Waals surface area contributed by atoms with Gasteiger partial charge in [-0.15, -0.1) is 11.3 Å². The predicted molar refractivity (Wildman–Crippen MR) is 68.4 cm³/mol. The minimum atomic E-state index is -0.586. The molecule has 1 amide bonds. The van der Waals surface area contributed by atoms with E-state index in [2.05, 4.69) is 25.3 Å². The summed E-state index contributed by atoms with van der Waals surface area (Å²) in [6, 6.07) is 5.11. The molecule has 0 spiro atoms. The summed E-state index contributed by atoms with van der Waals surface area (Å²) >= 11 is 1.22. The van der Waals surface area contributed by atoms with Crippen LogP contribution >= 0.6 is 11.3 Å². The number of amides is 1. The number of azide groups is 1. The zero-order valence-electron chi connectivity index (χ0n) is 9.36. The SMILES string of the molecule is CNc1nccc(-c2ccc(C(=O)N=[N+]=[N-])s2)n1. The fourth-order valence-electron chi connectivity index (χ4n) is 1.30. The largest absolute Gasteiger partial charge is 0.357 e. The highest BCUT2D eigenvalue weighted by molar-refractivity contribution is 7.17. The van der Waals surface area contributed by atoms with Crippen LogP contribution < -0.4 is 5.32 Å². The summed E-state index contributed by atoms with van der Waals surface area (Å²) in [7, 11) is 1.73. The fraction of sp³-hybridized carbons (Fsp3) is 0.100. The highest BCUT2D eigenvalue weighted by Crippen LogP contribution is 2.27. The first-order chi connectivity index (χ1) is 8.74. The molecule has 0 bridgehead atoms. The molecule has 2 aromatic rings. The molecule has 0 radical (unpaired) electrons. The van der Waals surface area contributed by atoms with Crippen molar-refractivity contribution >= 4 is 23.2 Å². The van der Waals surface area contributed by atoms with Gasteiger partial charge in [-0.05, 0) is 28.8 Å². The Kier molecular flexibility index (Phi) is 3.52. The van der Waals surface area contributed by atoms with Crippen LogP contribution in [0.2, 0.25) is 0 Å². The number of nitrogens with one attached hydrogen (secondary N) is 1. The van der Waals surface area contributed by atoms with E-state index in [0.717, 1.165) is 4.88 Å². The summed E-state index contributed by atoms with van der Waals surface area (Å²) in [4.78, 5) is 23.3. The molecule has 0 aliphatic carbocycles. The van der Waals surface area contributed by atoms with Crippen LogP contribution in [0, 0.1) is 0 Å². The van der Waals surface area contributed by atoms with Crippen molar-refractivity contribution in [3.8, 4) is 10.6 Å². The average molecular weight is 260 g/mol. The topological polar surface area (TPSA) is 104 Å². The van der Waals surface area contributed by atoms with E-state index in [4.69, 9.17) is 5.53 Å². The summed E-state index contributed by atoms with van der Waals surface area (Å²) in [6.45, 7) is 0. The first-order valence-corrected chi connectivity index (χ1v) is 5.76.